The molecule has 5 rings (SSSR count). The number of aromatic nitrogens is 2. The van der Waals surface area contributed by atoms with Crippen LogP contribution in [0.25, 0.3) is 21.3 Å². The first-order valence-electron chi connectivity index (χ1n) is 11.7. The van der Waals surface area contributed by atoms with E-state index in [1.165, 1.54) is 11.3 Å². The molecule has 0 bridgehead atoms. The lowest BCUT2D eigenvalue weighted by Gasteiger charge is -2.16. The SMILES string of the molecule is CC(O)c1cccc(Nc2nccc(-c3ccc(C(=O)NC(C)c4cccc5ccccc45)s3)n2)c1. The summed E-state index contributed by atoms with van der Waals surface area (Å²) in [7, 11) is 0. The molecule has 2 heterocycles. The molecule has 0 aliphatic heterocycles. The van der Waals surface area contributed by atoms with Crippen molar-refractivity contribution in [3.05, 3.63) is 107 Å². The summed E-state index contributed by atoms with van der Waals surface area (Å²) in [4.78, 5) is 23.5. The van der Waals surface area contributed by atoms with Gasteiger partial charge in [0.2, 0.25) is 5.95 Å². The van der Waals surface area contributed by atoms with Crippen LogP contribution in [0.3, 0.4) is 0 Å². The van der Waals surface area contributed by atoms with Crippen molar-refractivity contribution in [2.45, 2.75) is 26.0 Å². The maximum absolute atomic E-state index is 13.0. The number of nitrogens with one attached hydrogen (secondary N) is 2. The number of rotatable bonds is 7. The predicted molar refractivity (Wildman–Crippen MR) is 146 cm³/mol. The van der Waals surface area contributed by atoms with E-state index in [2.05, 4.69) is 44.9 Å². The zero-order chi connectivity index (χ0) is 25.1. The number of fused-ring (bicyclic) bond motifs is 1. The van der Waals surface area contributed by atoms with Crippen LogP contribution in [0.4, 0.5) is 11.6 Å². The van der Waals surface area contributed by atoms with E-state index in [9.17, 15) is 9.90 Å². The molecule has 7 heteroatoms. The Labute approximate surface area is 213 Å². The second-order valence-electron chi connectivity index (χ2n) is 8.62. The molecule has 3 aromatic carbocycles. The fourth-order valence-corrected chi connectivity index (χ4v) is 5.01. The van der Waals surface area contributed by atoms with Gasteiger partial charge in [0.15, 0.2) is 0 Å². The Morgan fingerprint density at radius 2 is 1.75 bits per heavy atom. The Hall–Kier alpha value is -4.07. The number of hydrogen-bond acceptors (Lipinski definition) is 6. The van der Waals surface area contributed by atoms with Gasteiger partial charge in [0.25, 0.3) is 5.91 Å². The van der Waals surface area contributed by atoms with E-state index in [-0.39, 0.29) is 11.9 Å². The first-order valence-corrected chi connectivity index (χ1v) is 12.6. The largest absolute Gasteiger partial charge is 0.389 e. The summed E-state index contributed by atoms with van der Waals surface area (Å²) >= 11 is 1.39. The smallest absolute Gasteiger partial charge is 0.261 e. The average molecular weight is 495 g/mol. The molecule has 0 saturated heterocycles. The summed E-state index contributed by atoms with van der Waals surface area (Å²) in [6, 6.07) is 27.3. The minimum atomic E-state index is -0.557. The minimum Gasteiger partial charge on any atom is -0.389 e. The van der Waals surface area contributed by atoms with Crippen molar-refractivity contribution in [2.75, 3.05) is 5.32 Å². The maximum atomic E-state index is 13.0. The first-order chi connectivity index (χ1) is 17.5. The summed E-state index contributed by atoms with van der Waals surface area (Å²) in [5.41, 5.74) is 3.41. The van der Waals surface area contributed by atoms with E-state index in [0.717, 1.165) is 38.2 Å². The van der Waals surface area contributed by atoms with Crippen molar-refractivity contribution < 1.29 is 9.90 Å². The van der Waals surface area contributed by atoms with Crippen LogP contribution in [-0.4, -0.2) is 21.0 Å². The molecule has 2 unspecified atom stereocenters. The molecule has 0 saturated carbocycles. The lowest BCUT2D eigenvalue weighted by atomic mass is 10.00. The van der Waals surface area contributed by atoms with Crippen molar-refractivity contribution in [2.24, 2.45) is 0 Å². The lowest BCUT2D eigenvalue weighted by molar-refractivity contribution is 0.0944. The Kier molecular flexibility index (Phi) is 6.75. The van der Waals surface area contributed by atoms with E-state index in [1.54, 1.807) is 13.1 Å². The molecule has 2 aromatic heterocycles. The highest BCUT2D eigenvalue weighted by Gasteiger charge is 2.16. The van der Waals surface area contributed by atoms with Gasteiger partial charge in [-0.1, -0.05) is 54.6 Å². The number of thiophene rings is 1. The van der Waals surface area contributed by atoms with Crippen LogP contribution in [0.15, 0.2) is 91.1 Å². The van der Waals surface area contributed by atoms with Crippen molar-refractivity contribution in [1.82, 2.24) is 15.3 Å². The van der Waals surface area contributed by atoms with Gasteiger partial charge >= 0.3 is 0 Å². The molecular weight excluding hydrogens is 468 g/mol. The minimum absolute atomic E-state index is 0.117. The standard InChI is InChI=1S/C29H26N4O2S/c1-18(23-12-6-8-20-7-3-4-11-24(20)23)31-28(35)27-14-13-26(36-27)25-15-16-30-29(33-25)32-22-10-5-9-21(17-22)19(2)34/h3-19,34H,1-2H3,(H,31,35)(H,30,32,33). The van der Waals surface area contributed by atoms with E-state index in [4.69, 9.17) is 0 Å². The molecule has 1 amide bonds. The highest BCUT2D eigenvalue weighted by Crippen LogP contribution is 2.29. The highest BCUT2D eigenvalue weighted by atomic mass is 32.1. The second-order valence-corrected chi connectivity index (χ2v) is 9.70. The number of aliphatic hydroxyl groups excluding tert-OH is 1. The van der Waals surface area contributed by atoms with Gasteiger partial charge in [0, 0.05) is 11.9 Å². The van der Waals surface area contributed by atoms with Crippen molar-refractivity contribution in [3.63, 3.8) is 0 Å². The van der Waals surface area contributed by atoms with Gasteiger partial charge in [0.05, 0.1) is 27.6 Å². The van der Waals surface area contributed by atoms with Gasteiger partial charge in [-0.3, -0.25) is 4.79 Å². The molecule has 2 atom stereocenters. The van der Waals surface area contributed by atoms with Crippen LogP contribution < -0.4 is 10.6 Å². The van der Waals surface area contributed by atoms with Gasteiger partial charge in [0.1, 0.15) is 0 Å². The molecule has 0 aliphatic rings. The van der Waals surface area contributed by atoms with Gasteiger partial charge in [-0.25, -0.2) is 9.97 Å². The third-order valence-electron chi connectivity index (χ3n) is 6.00. The quantitative estimate of drug-likeness (QED) is 0.236. The summed E-state index contributed by atoms with van der Waals surface area (Å²) in [6.07, 6.45) is 1.13. The van der Waals surface area contributed by atoms with Crippen LogP contribution in [-0.2, 0) is 0 Å². The van der Waals surface area contributed by atoms with Crippen LogP contribution in [0, 0.1) is 0 Å². The van der Waals surface area contributed by atoms with Gasteiger partial charge < -0.3 is 15.7 Å². The summed E-state index contributed by atoms with van der Waals surface area (Å²) < 4.78 is 0. The van der Waals surface area contributed by atoms with Crippen molar-refractivity contribution >= 4 is 39.7 Å². The van der Waals surface area contributed by atoms with Crippen LogP contribution in [0.1, 0.15) is 46.8 Å². The number of hydrogen-bond donors (Lipinski definition) is 3. The number of carbonyl (C=O) groups excluding carboxylic acids is 1. The van der Waals surface area contributed by atoms with Gasteiger partial charge in [-0.05, 0) is 66.1 Å². The zero-order valence-corrected chi connectivity index (χ0v) is 20.8. The molecule has 180 valence electrons. The van der Waals surface area contributed by atoms with E-state index >= 15 is 0 Å². The van der Waals surface area contributed by atoms with E-state index < -0.39 is 6.10 Å². The average Bonchev–Trinajstić information content (AvgIpc) is 3.39. The monoisotopic (exact) mass is 494 g/mol. The molecule has 3 N–H and O–H groups in total. The number of amides is 1. The molecule has 0 aliphatic carbocycles. The molecule has 6 nitrogen and oxygen atoms in total. The van der Waals surface area contributed by atoms with Gasteiger partial charge in [-0.2, -0.15) is 0 Å². The summed E-state index contributed by atoms with van der Waals surface area (Å²) in [6.45, 7) is 3.73. The van der Waals surface area contributed by atoms with Crippen molar-refractivity contribution in [3.8, 4) is 10.6 Å². The number of aliphatic hydroxyl groups is 1. The number of anilines is 2. The van der Waals surface area contributed by atoms with E-state index in [1.807, 2.05) is 67.6 Å². The Morgan fingerprint density at radius 3 is 2.61 bits per heavy atom. The topological polar surface area (TPSA) is 87.1 Å². The number of carbonyl (C=O) groups is 1. The predicted octanol–water partition coefficient (Wildman–Crippen LogP) is 6.65. The normalized spacial score (nSPS) is 12.8. The van der Waals surface area contributed by atoms with Crippen LogP contribution >= 0.6 is 11.3 Å². The van der Waals surface area contributed by atoms with Crippen LogP contribution in [0.5, 0.6) is 0 Å². The lowest BCUT2D eigenvalue weighted by Crippen LogP contribution is -2.26. The summed E-state index contributed by atoms with van der Waals surface area (Å²) in [5, 5.41) is 18.4. The highest BCUT2D eigenvalue weighted by molar-refractivity contribution is 7.17. The Balaban J connectivity index is 1.31. The van der Waals surface area contributed by atoms with Crippen LogP contribution in [0.2, 0.25) is 0 Å². The Morgan fingerprint density at radius 1 is 0.944 bits per heavy atom. The molecule has 36 heavy (non-hydrogen) atoms. The Bertz CT molecular complexity index is 1520. The molecule has 5 aromatic rings. The van der Waals surface area contributed by atoms with E-state index in [0.29, 0.717) is 10.8 Å². The number of nitrogens with zero attached hydrogens (tertiary/aromatic N) is 2. The third-order valence-corrected chi connectivity index (χ3v) is 7.11. The third kappa shape index (κ3) is 5.12. The molecular formula is C29H26N4O2S. The fourth-order valence-electron chi connectivity index (χ4n) is 4.13. The summed E-state index contributed by atoms with van der Waals surface area (Å²) in [5.74, 6) is 0.327. The second kappa shape index (κ2) is 10.3. The fraction of sp³-hybridized carbons (Fsp3) is 0.138. The number of benzene rings is 3. The molecule has 0 spiro atoms. The first kappa shape index (κ1) is 23.7. The molecule has 0 fully saturated rings. The molecule has 0 radical (unpaired) electrons. The maximum Gasteiger partial charge on any atom is 0.261 e. The van der Waals surface area contributed by atoms with Crippen molar-refractivity contribution in [1.29, 1.82) is 0 Å². The van der Waals surface area contributed by atoms with Gasteiger partial charge in [-0.15, -0.1) is 11.3 Å². The zero-order valence-electron chi connectivity index (χ0n) is 20.0.